The zero-order valence-corrected chi connectivity index (χ0v) is 18.3. The van der Waals surface area contributed by atoms with E-state index in [4.69, 9.17) is 21.7 Å². The van der Waals surface area contributed by atoms with Gasteiger partial charge in [0, 0.05) is 17.1 Å². The van der Waals surface area contributed by atoms with Crippen LogP contribution in [0.4, 0.5) is 5.69 Å². The second kappa shape index (κ2) is 8.75. The predicted molar refractivity (Wildman–Crippen MR) is 119 cm³/mol. The molecule has 0 spiro atoms. The minimum Gasteiger partial charge on any atom is -0.494 e. The van der Waals surface area contributed by atoms with Crippen molar-refractivity contribution in [3.63, 3.8) is 0 Å². The molecule has 7 heteroatoms. The van der Waals surface area contributed by atoms with Crippen LogP contribution in [0.25, 0.3) is 6.08 Å². The third-order valence-corrected chi connectivity index (χ3v) is 5.18. The van der Waals surface area contributed by atoms with Crippen molar-refractivity contribution in [2.75, 3.05) is 25.2 Å². The van der Waals surface area contributed by atoms with Gasteiger partial charge in [0.15, 0.2) is 5.11 Å². The summed E-state index contributed by atoms with van der Waals surface area (Å²) in [6.45, 7) is 4.98. The van der Waals surface area contributed by atoms with Crippen molar-refractivity contribution in [2.45, 2.75) is 13.8 Å². The van der Waals surface area contributed by atoms with Crippen LogP contribution in [0, 0.1) is 0 Å². The number of benzene rings is 2. The van der Waals surface area contributed by atoms with Crippen molar-refractivity contribution in [3.8, 4) is 11.5 Å². The Labute approximate surface area is 178 Å². The molecule has 0 saturated carbocycles. The predicted octanol–water partition coefficient (Wildman–Crippen LogP) is 4.85. The smallest absolute Gasteiger partial charge is 0.281 e. The summed E-state index contributed by atoms with van der Waals surface area (Å²) in [6.07, 6.45) is 1.80. The van der Waals surface area contributed by atoms with Crippen molar-refractivity contribution < 1.29 is 14.3 Å². The molecule has 1 aliphatic rings. The monoisotopic (exact) mass is 460 g/mol. The number of carbonyl (C=O) groups excluding carboxylic acids is 1. The third-order valence-electron chi connectivity index (χ3n) is 4.23. The summed E-state index contributed by atoms with van der Waals surface area (Å²) in [5.74, 6) is 1.28. The number of likely N-dealkylation sites (N-methyl/N-ethyl adjacent to an activating group) is 1. The molecule has 2 aromatic carbocycles. The van der Waals surface area contributed by atoms with Gasteiger partial charge in [-0.1, -0.05) is 15.9 Å². The van der Waals surface area contributed by atoms with Crippen LogP contribution in [0.1, 0.15) is 19.4 Å². The molecule has 0 bridgehead atoms. The van der Waals surface area contributed by atoms with Crippen LogP contribution < -0.4 is 14.4 Å². The molecule has 146 valence electrons. The van der Waals surface area contributed by atoms with Gasteiger partial charge in [-0.3, -0.25) is 9.69 Å². The molecule has 0 N–H and O–H groups in total. The fourth-order valence-electron chi connectivity index (χ4n) is 2.91. The minimum absolute atomic E-state index is 0.181. The van der Waals surface area contributed by atoms with Gasteiger partial charge in [-0.2, -0.15) is 0 Å². The summed E-state index contributed by atoms with van der Waals surface area (Å²) in [5, 5.41) is 0.424. The van der Waals surface area contributed by atoms with Crippen molar-refractivity contribution in [3.05, 3.63) is 58.2 Å². The summed E-state index contributed by atoms with van der Waals surface area (Å²) < 4.78 is 12.1. The SMILES string of the molecule is CCOc1ccc(N2C(=O)/C(=C/c3cc(Br)ccc3OCC)N(C)C2=S)cc1. The number of anilines is 1. The largest absolute Gasteiger partial charge is 0.494 e. The summed E-state index contributed by atoms with van der Waals surface area (Å²) in [6, 6.07) is 13.0. The van der Waals surface area contributed by atoms with Gasteiger partial charge in [0.2, 0.25) is 0 Å². The molecule has 0 unspecified atom stereocenters. The molecule has 1 aliphatic heterocycles. The Kier molecular flexibility index (Phi) is 6.36. The molecule has 0 atom stereocenters. The Balaban J connectivity index is 1.96. The highest BCUT2D eigenvalue weighted by Gasteiger charge is 2.37. The second-order valence-electron chi connectivity index (χ2n) is 6.05. The van der Waals surface area contributed by atoms with E-state index in [1.807, 2.05) is 56.3 Å². The number of ether oxygens (including phenoxy) is 2. The van der Waals surface area contributed by atoms with Gasteiger partial charge < -0.3 is 14.4 Å². The van der Waals surface area contributed by atoms with E-state index < -0.39 is 0 Å². The first-order valence-corrected chi connectivity index (χ1v) is 10.2. The van der Waals surface area contributed by atoms with Crippen LogP contribution in [-0.2, 0) is 4.79 Å². The fourth-order valence-corrected chi connectivity index (χ4v) is 3.57. The minimum atomic E-state index is -0.181. The maximum atomic E-state index is 13.1. The van der Waals surface area contributed by atoms with Crippen LogP contribution in [0.15, 0.2) is 52.6 Å². The lowest BCUT2D eigenvalue weighted by Gasteiger charge is -2.16. The van der Waals surface area contributed by atoms with Crippen LogP contribution in [0.3, 0.4) is 0 Å². The Morgan fingerprint density at radius 2 is 1.75 bits per heavy atom. The van der Waals surface area contributed by atoms with E-state index in [9.17, 15) is 4.79 Å². The normalized spacial score (nSPS) is 15.5. The number of rotatable bonds is 6. The molecule has 0 aliphatic carbocycles. The van der Waals surface area contributed by atoms with Gasteiger partial charge in [-0.15, -0.1) is 0 Å². The molecule has 28 heavy (non-hydrogen) atoms. The molecule has 1 fully saturated rings. The third kappa shape index (κ3) is 4.05. The summed E-state index contributed by atoms with van der Waals surface area (Å²) >= 11 is 9.00. The van der Waals surface area contributed by atoms with Gasteiger partial charge in [0.1, 0.15) is 17.2 Å². The van der Waals surface area contributed by atoms with E-state index in [0.717, 1.165) is 15.8 Å². The van der Waals surface area contributed by atoms with Crippen LogP contribution in [-0.4, -0.2) is 36.2 Å². The van der Waals surface area contributed by atoms with Gasteiger partial charge in [0.25, 0.3) is 5.91 Å². The first kappa shape index (κ1) is 20.4. The van der Waals surface area contributed by atoms with Crippen LogP contribution >= 0.6 is 28.1 Å². The first-order chi connectivity index (χ1) is 13.5. The Hall–Kier alpha value is -2.38. The average molecular weight is 461 g/mol. The zero-order chi connectivity index (χ0) is 20.3. The average Bonchev–Trinajstić information content (AvgIpc) is 2.88. The van der Waals surface area contributed by atoms with Gasteiger partial charge in [-0.25, -0.2) is 0 Å². The van der Waals surface area contributed by atoms with Gasteiger partial charge in [-0.05, 0) is 74.6 Å². The molecule has 0 aromatic heterocycles. The molecule has 0 radical (unpaired) electrons. The van der Waals surface area contributed by atoms with Gasteiger partial charge >= 0.3 is 0 Å². The van der Waals surface area contributed by atoms with E-state index in [2.05, 4.69) is 15.9 Å². The van der Waals surface area contributed by atoms with Crippen LogP contribution in [0.2, 0.25) is 0 Å². The molecule has 2 aromatic rings. The maximum absolute atomic E-state index is 13.1. The van der Waals surface area contributed by atoms with Crippen molar-refractivity contribution in [1.82, 2.24) is 4.90 Å². The Morgan fingerprint density at radius 3 is 2.39 bits per heavy atom. The van der Waals surface area contributed by atoms with Crippen molar-refractivity contribution in [1.29, 1.82) is 0 Å². The van der Waals surface area contributed by atoms with E-state index in [1.54, 1.807) is 18.0 Å². The van der Waals surface area contributed by atoms with E-state index in [1.165, 1.54) is 4.90 Å². The van der Waals surface area contributed by atoms with Crippen molar-refractivity contribution >= 4 is 50.9 Å². The van der Waals surface area contributed by atoms with E-state index >= 15 is 0 Å². The Morgan fingerprint density at radius 1 is 1.07 bits per heavy atom. The maximum Gasteiger partial charge on any atom is 0.281 e. The Bertz CT molecular complexity index is 928. The number of hydrogen-bond acceptors (Lipinski definition) is 4. The number of nitrogens with zero attached hydrogens (tertiary/aromatic N) is 2. The topological polar surface area (TPSA) is 42.0 Å². The second-order valence-corrected chi connectivity index (χ2v) is 7.33. The van der Waals surface area contributed by atoms with E-state index in [-0.39, 0.29) is 5.91 Å². The lowest BCUT2D eigenvalue weighted by molar-refractivity contribution is -0.114. The molecule has 5 nitrogen and oxygen atoms in total. The zero-order valence-electron chi connectivity index (χ0n) is 15.9. The highest BCUT2D eigenvalue weighted by Crippen LogP contribution is 2.32. The number of carbonyl (C=O) groups is 1. The summed E-state index contributed by atoms with van der Waals surface area (Å²) in [4.78, 5) is 16.4. The number of hydrogen-bond donors (Lipinski definition) is 0. The van der Waals surface area contributed by atoms with Gasteiger partial charge in [0.05, 0.1) is 18.9 Å². The molecule has 1 saturated heterocycles. The number of thiocarbonyl (C=S) groups is 1. The molecule has 3 rings (SSSR count). The molecule has 1 amide bonds. The molecular weight excluding hydrogens is 440 g/mol. The summed E-state index contributed by atoms with van der Waals surface area (Å²) in [7, 11) is 1.79. The lowest BCUT2D eigenvalue weighted by atomic mass is 10.1. The summed E-state index contributed by atoms with van der Waals surface area (Å²) in [5.41, 5.74) is 1.99. The highest BCUT2D eigenvalue weighted by atomic mass is 79.9. The van der Waals surface area contributed by atoms with Crippen LogP contribution in [0.5, 0.6) is 11.5 Å². The van der Waals surface area contributed by atoms with Crippen molar-refractivity contribution in [2.24, 2.45) is 0 Å². The molecule has 1 heterocycles. The van der Waals surface area contributed by atoms with E-state index in [0.29, 0.717) is 35.5 Å². The first-order valence-electron chi connectivity index (χ1n) is 8.95. The number of halogens is 1. The standard InChI is InChI=1S/C21H21BrN2O3S/c1-4-26-17-9-7-16(8-10-17)24-20(25)18(23(3)21(24)28)13-14-12-15(22)6-11-19(14)27-5-2/h6-13H,4-5H2,1-3H3/b18-13-. The number of amides is 1. The fraction of sp³-hybridized carbons (Fsp3) is 0.238. The quantitative estimate of drug-likeness (QED) is 0.455. The highest BCUT2D eigenvalue weighted by molar-refractivity contribution is 9.10. The lowest BCUT2D eigenvalue weighted by Crippen LogP contribution is -2.31. The molecular formula is C21H21BrN2O3S.